The Hall–Kier alpha value is -3.43. The maximum atomic E-state index is 14.6. The number of aromatic amines is 1. The van der Waals surface area contributed by atoms with Gasteiger partial charge in [0, 0.05) is 17.5 Å². The number of nitrogens with two attached hydrogens (primary N) is 1. The molecule has 0 saturated carbocycles. The van der Waals surface area contributed by atoms with Gasteiger partial charge in [0.05, 0.1) is 5.56 Å². The fourth-order valence-corrected chi connectivity index (χ4v) is 2.44. The molecule has 0 aliphatic carbocycles. The standard InChI is InChI=1S/C16H12F4N6.C2H6/c17-12-6-10(23-15-24-14(22)25-26-15)5-11(16(18,19)20)13(12)9-3-1-2-8(4-9)7-21;1-2/h1-7,21H,(H4,22,23,24,25,26);1-2H3. The third-order valence-corrected chi connectivity index (χ3v) is 3.50. The van der Waals surface area contributed by atoms with Crippen molar-refractivity contribution in [2.45, 2.75) is 20.0 Å². The van der Waals surface area contributed by atoms with Crippen molar-refractivity contribution in [3.8, 4) is 11.1 Å². The number of anilines is 3. The quantitative estimate of drug-likeness (QED) is 0.370. The number of hydrogen-bond donors (Lipinski definition) is 4. The molecule has 3 rings (SSSR count). The van der Waals surface area contributed by atoms with Gasteiger partial charge in [0.25, 0.3) is 0 Å². The van der Waals surface area contributed by atoms with Crippen LogP contribution in [0.5, 0.6) is 0 Å². The van der Waals surface area contributed by atoms with Crippen LogP contribution in [-0.4, -0.2) is 21.4 Å². The molecule has 0 aliphatic heterocycles. The minimum atomic E-state index is -4.80. The smallest absolute Gasteiger partial charge is 0.368 e. The number of alkyl halides is 3. The molecule has 0 spiro atoms. The predicted molar refractivity (Wildman–Crippen MR) is 100 cm³/mol. The molecule has 3 aromatic rings. The highest BCUT2D eigenvalue weighted by atomic mass is 19.4. The number of benzene rings is 2. The average Bonchev–Trinajstić information content (AvgIpc) is 3.07. The summed E-state index contributed by atoms with van der Waals surface area (Å²) in [7, 11) is 0. The number of nitrogen functional groups attached to an aromatic ring is 1. The summed E-state index contributed by atoms with van der Waals surface area (Å²) in [6, 6.07) is 7.33. The molecule has 148 valence electrons. The van der Waals surface area contributed by atoms with Gasteiger partial charge < -0.3 is 16.5 Å². The van der Waals surface area contributed by atoms with Crippen LogP contribution >= 0.6 is 0 Å². The van der Waals surface area contributed by atoms with Gasteiger partial charge in [0.2, 0.25) is 11.9 Å². The molecule has 1 aromatic heterocycles. The summed E-state index contributed by atoms with van der Waals surface area (Å²) in [4.78, 5) is 3.70. The largest absolute Gasteiger partial charge is 0.417 e. The minimum absolute atomic E-state index is 0.0181. The second-order valence-corrected chi connectivity index (χ2v) is 5.32. The van der Waals surface area contributed by atoms with Crippen LogP contribution in [-0.2, 0) is 6.18 Å². The fourth-order valence-electron chi connectivity index (χ4n) is 2.44. The molecule has 0 unspecified atom stereocenters. The van der Waals surface area contributed by atoms with E-state index in [2.05, 4.69) is 20.5 Å². The van der Waals surface area contributed by atoms with Crippen LogP contribution < -0.4 is 11.1 Å². The number of nitrogens with zero attached hydrogens (tertiary/aromatic N) is 2. The van der Waals surface area contributed by atoms with Crippen molar-refractivity contribution >= 4 is 23.8 Å². The van der Waals surface area contributed by atoms with Crippen molar-refractivity contribution in [2.24, 2.45) is 0 Å². The first kappa shape index (κ1) is 20.9. The van der Waals surface area contributed by atoms with E-state index >= 15 is 0 Å². The van der Waals surface area contributed by atoms with Gasteiger partial charge in [-0.05, 0) is 29.3 Å². The second kappa shape index (κ2) is 8.51. The van der Waals surface area contributed by atoms with Gasteiger partial charge >= 0.3 is 6.18 Å². The van der Waals surface area contributed by atoms with Crippen molar-refractivity contribution in [1.82, 2.24) is 15.2 Å². The maximum absolute atomic E-state index is 14.6. The molecule has 0 radical (unpaired) electrons. The van der Waals surface area contributed by atoms with Gasteiger partial charge in [0.15, 0.2) is 0 Å². The first-order valence-electron chi connectivity index (χ1n) is 8.24. The lowest BCUT2D eigenvalue weighted by molar-refractivity contribution is -0.137. The third-order valence-electron chi connectivity index (χ3n) is 3.50. The molecular weight excluding hydrogens is 376 g/mol. The molecule has 0 fully saturated rings. The minimum Gasteiger partial charge on any atom is -0.368 e. The molecule has 10 heteroatoms. The Labute approximate surface area is 158 Å². The number of aromatic nitrogens is 3. The summed E-state index contributed by atoms with van der Waals surface area (Å²) in [5, 5.41) is 15.6. The van der Waals surface area contributed by atoms with Crippen molar-refractivity contribution in [1.29, 1.82) is 5.41 Å². The molecule has 0 atom stereocenters. The molecule has 28 heavy (non-hydrogen) atoms. The Kier molecular flexibility index (Phi) is 6.34. The van der Waals surface area contributed by atoms with Gasteiger partial charge in [0.1, 0.15) is 5.82 Å². The topological polar surface area (TPSA) is 103 Å². The van der Waals surface area contributed by atoms with E-state index in [1.165, 1.54) is 24.3 Å². The van der Waals surface area contributed by atoms with Gasteiger partial charge in [-0.2, -0.15) is 18.2 Å². The van der Waals surface area contributed by atoms with Crippen LogP contribution in [0.25, 0.3) is 11.1 Å². The summed E-state index contributed by atoms with van der Waals surface area (Å²) in [5.74, 6) is -1.20. The van der Waals surface area contributed by atoms with Gasteiger partial charge in [-0.3, -0.25) is 0 Å². The summed E-state index contributed by atoms with van der Waals surface area (Å²) in [6.45, 7) is 4.00. The van der Waals surface area contributed by atoms with E-state index in [0.717, 1.165) is 18.3 Å². The van der Waals surface area contributed by atoms with Crippen LogP contribution in [0.3, 0.4) is 0 Å². The van der Waals surface area contributed by atoms with E-state index < -0.39 is 23.1 Å². The molecule has 0 amide bonds. The fraction of sp³-hybridized carbons (Fsp3) is 0.167. The Morgan fingerprint density at radius 2 is 1.89 bits per heavy atom. The average molecular weight is 394 g/mol. The highest BCUT2D eigenvalue weighted by Crippen LogP contribution is 2.40. The Balaban J connectivity index is 0.00000136. The molecule has 5 N–H and O–H groups in total. The van der Waals surface area contributed by atoms with Crippen LogP contribution in [0.4, 0.5) is 35.1 Å². The zero-order valence-electron chi connectivity index (χ0n) is 15.0. The Morgan fingerprint density at radius 1 is 1.18 bits per heavy atom. The van der Waals surface area contributed by atoms with Gasteiger partial charge in [-0.25, -0.2) is 9.49 Å². The molecular formula is C18H18F4N6. The summed E-state index contributed by atoms with van der Waals surface area (Å²) in [6.07, 6.45) is -3.83. The maximum Gasteiger partial charge on any atom is 0.417 e. The number of H-pyrrole nitrogens is 1. The van der Waals surface area contributed by atoms with Crippen molar-refractivity contribution < 1.29 is 17.6 Å². The zero-order chi connectivity index (χ0) is 20.9. The lowest BCUT2D eigenvalue weighted by Gasteiger charge is -2.16. The van der Waals surface area contributed by atoms with Crippen LogP contribution in [0.2, 0.25) is 0 Å². The molecule has 0 bridgehead atoms. The van der Waals surface area contributed by atoms with E-state index in [0.29, 0.717) is 5.56 Å². The van der Waals surface area contributed by atoms with E-state index in [4.69, 9.17) is 11.1 Å². The normalized spacial score (nSPS) is 10.8. The monoisotopic (exact) mass is 394 g/mol. The Bertz CT molecular complexity index is 965. The number of halogens is 4. The van der Waals surface area contributed by atoms with Crippen LogP contribution in [0.15, 0.2) is 36.4 Å². The van der Waals surface area contributed by atoms with Crippen molar-refractivity contribution in [3.63, 3.8) is 0 Å². The van der Waals surface area contributed by atoms with E-state index in [-0.39, 0.29) is 23.1 Å². The molecule has 0 saturated heterocycles. The SMILES string of the molecule is CC.N=Cc1cccc(-c2c(F)cc(Nc3n[nH]c(N)n3)cc2C(F)(F)F)c1. The van der Waals surface area contributed by atoms with E-state index in [1.807, 2.05) is 13.8 Å². The first-order valence-corrected chi connectivity index (χ1v) is 8.24. The third kappa shape index (κ3) is 4.64. The second-order valence-electron chi connectivity index (χ2n) is 5.32. The number of hydrogen-bond acceptors (Lipinski definition) is 5. The Morgan fingerprint density at radius 3 is 2.46 bits per heavy atom. The lowest BCUT2D eigenvalue weighted by Crippen LogP contribution is -2.10. The highest BCUT2D eigenvalue weighted by Gasteiger charge is 2.36. The summed E-state index contributed by atoms with van der Waals surface area (Å²) < 4.78 is 55.2. The summed E-state index contributed by atoms with van der Waals surface area (Å²) >= 11 is 0. The van der Waals surface area contributed by atoms with E-state index in [1.54, 1.807) is 0 Å². The zero-order valence-corrected chi connectivity index (χ0v) is 15.0. The van der Waals surface area contributed by atoms with Crippen LogP contribution in [0.1, 0.15) is 25.0 Å². The number of rotatable bonds is 4. The van der Waals surface area contributed by atoms with E-state index in [9.17, 15) is 17.6 Å². The summed E-state index contributed by atoms with van der Waals surface area (Å²) in [5.41, 5.74) is 3.78. The first-order chi connectivity index (χ1) is 13.3. The van der Waals surface area contributed by atoms with Crippen LogP contribution in [0, 0.1) is 11.2 Å². The highest BCUT2D eigenvalue weighted by molar-refractivity contribution is 5.82. The molecule has 1 heterocycles. The molecule has 2 aromatic carbocycles. The molecule has 0 aliphatic rings. The lowest BCUT2D eigenvalue weighted by atomic mass is 9.96. The van der Waals surface area contributed by atoms with Crippen molar-refractivity contribution in [3.05, 3.63) is 53.3 Å². The van der Waals surface area contributed by atoms with Crippen molar-refractivity contribution in [2.75, 3.05) is 11.1 Å². The predicted octanol–water partition coefficient (Wildman–Crippen LogP) is 4.98. The molecule has 6 nitrogen and oxygen atoms in total. The van der Waals surface area contributed by atoms with Gasteiger partial charge in [-0.15, -0.1) is 5.10 Å². The van der Waals surface area contributed by atoms with Gasteiger partial charge in [-0.1, -0.05) is 32.0 Å². The number of nitrogens with one attached hydrogen (secondary N) is 3.